The Morgan fingerprint density at radius 1 is 1.27 bits per heavy atom. The highest BCUT2D eigenvalue weighted by atomic mass is 16.5. The van der Waals surface area contributed by atoms with Gasteiger partial charge in [-0.15, -0.1) is 0 Å². The first kappa shape index (κ1) is 16.3. The van der Waals surface area contributed by atoms with Crippen LogP contribution in [0.5, 0.6) is 5.75 Å². The van der Waals surface area contributed by atoms with Gasteiger partial charge in [0, 0.05) is 11.6 Å². The van der Waals surface area contributed by atoms with Crippen molar-refractivity contribution in [3.8, 4) is 5.75 Å². The van der Waals surface area contributed by atoms with E-state index in [1.807, 2.05) is 39.0 Å². The Balaban J connectivity index is 1.97. The molecule has 0 unspecified atom stereocenters. The van der Waals surface area contributed by atoms with Crippen molar-refractivity contribution in [2.45, 2.75) is 46.1 Å². The van der Waals surface area contributed by atoms with Crippen molar-refractivity contribution in [2.24, 2.45) is 11.8 Å². The number of aryl methyl sites for hydroxylation is 1. The van der Waals surface area contributed by atoms with Crippen molar-refractivity contribution in [1.29, 1.82) is 0 Å². The van der Waals surface area contributed by atoms with Gasteiger partial charge in [-0.05, 0) is 63.8 Å². The molecule has 1 aromatic carbocycles. The number of carboxylic acids is 1. The quantitative estimate of drug-likeness (QED) is 0.875. The third kappa shape index (κ3) is 4.00. The summed E-state index contributed by atoms with van der Waals surface area (Å²) in [6.45, 7) is 5.87. The number of rotatable bonds is 5. The molecule has 1 saturated carbocycles. The summed E-state index contributed by atoms with van der Waals surface area (Å²) in [5.74, 6) is -0.700. The standard InChI is InChI=1S/C17H23NO4/c1-10(2)22-15-7-6-14(8-11(15)3)18-16(19)12-4-5-13(9-12)17(20)21/h6-8,10,12-13H,4-5,9H2,1-3H3,(H,18,19)(H,20,21)/t12-,13+/m1/s1. The minimum absolute atomic E-state index is 0.0966. The van der Waals surface area contributed by atoms with Gasteiger partial charge in [0.1, 0.15) is 5.75 Å². The smallest absolute Gasteiger partial charge is 0.306 e. The molecule has 0 aromatic heterocycles. The molecular formula is C17H23NO4. The Kier molecular flexibility index (Phi) is 5.06. The van der Waals surface area contributed by atoms with Gasteiger partial charge in [-0.3, -0.25) is 9.59 Å². The maximum Gasteiger partial charge on any atom is 0.306 e. The van der Waals surface area contributed by atoms with E-state index in [1.165, 1.54) is 0 Å². The summed E-state index contributed by atoms with van der Waals surface area (Å²) in [5, 5.41) is 11.9. The fourth-order valence-electron chi connectivity index (χ4n) is 2.80. The van der Waals surface area contributed by atoms with Crippen LogP contribution in [0.3, 0.4) is 0 Å². The summed E-state index contributed by atoms with van der Waals surface area (Å²) in [7, 11) is 0. The molecule has 1 aliphatic carbocycles. The molecule has 0 heterocycles. The van der Waals surface area contributed by atoms with E-state index < -0.39 is 5.97 Å². The number of anilines is 1. The van der Waals surface area contributed by atoms with Crippen LogP contribution in [-0.4, -0.2) is 23.1 Å². The van der Waals surface area contributed by atoms with E-state index in [0.717, 1.165) is 17.0 Å². The SMILES string of the molecule is Cc1cc(NC(=O)[C@@H]2CC[C@H](C(=O)O)C2)ccc1OC(C)C. The van der Waals surface area contributed by atoms with E-state index in [-0.39, 0.29) is 23.8 Å². The van der Waals surface area contributed by atoms with Crippen LogP contribution >= 0.6 is 0 Å². The molecule has 22 heavy (non-hydrogen) atoms. The first-order valence-corrected chi connectivity index (χ1v) is 7.67. The van der Waals surface area contributed by atoms with Crippen molar-refractivity contribution < 1.29 is 19.4 Å². The van der Waals surface area contributed by atoms with Crippen molar-refractivity contribution >= 4 is 17.6 Å². The van der Waals surface area contributed by atoms with E-state index in [2.05, 4.69) is 5.32 Å². The molecule has 0 bridgehead atoms. The van der Waals surface area contributed by atoms with Crippen LogP contribution < -0.4 is 10.1 Å². The Bertz CT molecular complexity index is 568. The predicted octanol–water partition coefficient (Wildman–Crippen LogP) is 3.22. The Morgan fingerprint density at radius 3 is 2.50 bits per heavy atom. The molecule has 1 aromatic rings. The molecule has 0 spiro atoms. The van der Waals surface area contributed by atoms with Crippen LogP contribution in [0.4, 0.5) is 5.69 Å². The first-order valence-electron chi connectivity index (χ1n) is 7.67. The summed E-state index contributed by atoms with van der Waals surface area (Å²) in [4.78, 5) is 23.2. The molecule has 1 fully saturated rings. The van der Waals surface area contributed by atoms with Crippen molar-refractivity contribution in [1.82, 2.24) is 0 Å². The highest BCUT2D eigenvalue weighted by Gasteiger charge is 2.33. The monoisotopic (exact) mass is 305 g/mol. The molecular weight excluding hydrogens is 282 g/mol. The molecule has 0 aliphatic heterocycles. The average Bonchev–Trinajstić information content (AvgIpc) is 2.91. The average molecular weight is 305 g/mol. The van der Waals surface area contributed by atoms with Crippen LogP contribution in [0.2, 0.25) is 0 Å². The topological polar surface area (TPSA) is 75.6 Å². The van der Waals surface area contributed by atoms with Gasteiger partial charge in [0.25, 0.3) is 0 Å². The van der Waals surface area contributed by atoms with Crippen molar-refractivity contribution in [3.63, 3.8) is 0 Å². The van der Waals surface area contributed by atoms with Gasteiger partial charge < -0.3 is 15.2 Å². The summed E-state index contributed by atoms with van der Waals surface area (Å²) < 4.78 is 5.67. The summed E-state index contributed by atoms with van der Waals surface area (Å²) >= 11 is 0. The number of carbonyl (C=O) groups is 2. The van der Waals surface area contributed by atoms with E-state index in [9.17, 15) is 9.59 Å². The number of carbonyl (C=O) groups excluding carboxylic acids is 1. The maximum atomic E-state index is 12.2. The normalized spacial score (nSPS) is 20.9. The number of ether oxygens (including phenoxy) is 1. The largest absolute Gasteiger partial charge is 0.491 e. The van der Waals surface area contributed by atoms with Crippen LogP contribution in [0, 0.1) is 18.8 Å². The van der Waals surface area contributed by atoms with E-state index >= 15 is 0 Å². The number of amides is 1. The van der Waals surface area contributed by atoms with E-state index in [1.54, 1.807) is 0 Å². The van der Waals surface area contributed by atoms with Gasteiger partial charge in [-0.1, -0.05) is 0 Å². The highest BCUT2D eigenvalue weighted by Crippen LogP contribution is 2.32. The maximum absolute atomic E-state index is 12.2. The zero-order chi connectivity index (χ0) is 16.3. The molecule has 5 nitrogen and oxygen atoms in total. The fourth-order valence-corrected chi connectivity index (χ4v) is 2.80. The second-order valence-corrected chi connectivity index (χ2v) is 6.18. The van der Waals surface area contributed by atoms with Crippen LogP contribution in [-0.2, 0) is 9.59 Å². The van der Waals surface area contributed by atoms with Crippen LogP contribution in [0.15, 0.2) is 18.2 Å². The fraction of sp³-hybridized carbons (Fsp3) is 0.529. The van der Waals surface area contributed by atoms with Crippen LogP contribution in [0.1, 0.15) is 38.7 Å². The molecule has 2 rings (SSSR count). The van der Waals surface area contributed by atoms with Gasteiger partial charge in [0.2, 0.25) is 5.91 Å². The molecule has 1 aliphatic rings. The van der Waals surface area contributed by atoms with Crippen molar-refractivity contribution in [3.05, 3.63) is 23.8 Å². The second-order valence-electron chi connectivity index (χ2n) is 6.18. The lowest BCUT2D eigenvalue weighted by Crippen LogP contribution is -2.21. The second kappa shape index (κ2) is 6.81. The number of nitrogens with one attached hydrogen (secondary N) is 1. The lowest BCUT2D eigenvalue weighted by molar-refractivity contribution is -0.141. The number of hydrogen-bond acceptors (Lipinski definition) is 3. The minimum atomic E-state index is -0.804. The van der Waals surface area contributed by atoms with Gasteiger partial charge in [-0.25, -0.2) is 0 Å². The number of benzene rings is 1. The predicted molar refractivity (Wildman–Crippen MR) is 84.0 cm³/mol. The molecule has 2 atom stereocenters. The number of aliphatic carboxylic acids is 1. The first-order chi connectivity index (χ1) is 10.4. The Labute approximate surface area is 130 Å². The molecule has 1 amide bonds. The molecule has 0 radical (unpaired) electrons. The molecule has 5 heteroatoms. The lowest BCUT2D eigenvalue weighted by atomic mass is 10.0. The minimum Gasteiger partial charge on any atom is -0.491 e. The number of carboxylic acid groups (broad SMARTS) is 1. The molecule has 2 N–H and O–H groups in total. The summed E-state index contributed by atoms with van der Waals surface area (Å²) in [5.41, 5.74) is 1.68. The van der Waals surface area contributed by atoms with Crippen molar-refractivity contribution in [2.75, 3.05) is 5.32 Å². The highest BCUT2D eigenvalue weighted by molar-refractivity contribution is 5.93. The zero-order valence-electron chi connectivity index (χ0n) is 13.3. The third-order valence-corrected chi connectivity index (χ3v) is 3.96. The summed E-state index contributed by atoms with van der Waals surface area (Å²) in [6.07, 6.45) is 1.74. The van der Waals surface area contributed by atoms with Gasteiger partial charge in [0.15, 0.2) is 0 Å². The molecule has 0 saturated heterocycles. The van der Waals surface area contributed by atoms with Gasteiger partial charge in [0.05, 0.1) is 12.0 Å². The molecule has 120 valence electrons. The van der Waals surface area contributed by atoms with Gasteiger partial charge in [-0.2, -0.15) is 0 Å². The Morgan fingerprint density at radius 2 is 1.95 bits per heavy atom. The number of hydrogen-bond donors (Lipinski definition) is 2. The Hall–Kier alpha value is -2.04. The van der Waals surface area contributed by atoms with Crippen LogP contribution in [0.25, 0.3) is 0 Å². The van der Waals surface area contributed by atoms with E-state index in [4.69, 9.17) is 9.84 Å². The summed E-state index contributed by atoms with van der Waals surface area (Å²) in [6, 6.07) is 5.53. The van der Waals surface area contributed by atoms with E-state index in [0.29, 0.717) is 19.3 Å². The third-order valence-electron chi connectivity index (χ3n) is 3.96. The zero-order valence-corrected chi connectivity index (χ0v) is 13.3. The lowest BCUT2D eigenvalue weighted by Gasteiger charge is -2.15. The van der Waals surface area contributed by atoms with Gasteiger partial charge >= 0.3 is 5.97 Å².